The van der Waals surface area contributed by atoms with Gasteiger partial charge in [-0.05, 0) is 76.2 Å². The number of rotatable bonds is 6. The Morgan fingerprint density at radius 1 is 0.818 bits per heavy atom. The Bertz CT molecular complexity index is 1180. The number of nitrogens with zero attached hydrogens (tertiary/aromatic N) is 1. The molecular formula is C27H24F3NO2. The monoisotopic (exact) mass is 451 g/mol. The molecule has 0 aromatic heterocycles. The van der Waals surface area contributed by atoms with Crippen molar-refractivity contribution in [1.29, 1.82) is 0 Å². The molecule has 5 rings (SSSR count). The van der Waals surface area contributed by atoms with Gasteiger partial charge in [-0.2, -0.15) is 0 Å². The van der Waals surface area contributed by atoms with E-state index in [1.807, 2.05) is 18.2 Å². The minimum Gasteiger partial charge on any atom is -0.492 e. The van der Waals surface area contributed by atoms with Gasteiger partial charge in [0.05, 0.1) is 13.2 Å². The summed E-state index contributed by atoms with van der Waals surface area (Å²) in [6.07, 6.45) is 0.549. The smallest absolute Gasteiger partial charge is 0.159 e. The number of morpholine rings is 1. The number of hydrogen-bond donors (Lipinski definition) is 0. The van der Waals surface area contributed by atoms with Crippen LogP contribution >= 0.6 is 0 Å². The first-order chi connectivity index (χ1) is 16.1. The topological polar surface area (TPSA) is 21.7 Å². The first-order valence-corrected chi connectivity index (χ1v) is 11.1. The van der Waals surface area contributed by atoms with Crippen molar-refractivity contribution in [2.24, 2.45) is 0 Å². The first-order valence-electron chi connectivity index (χ1n) is 11.1. The highest BCUT2D eigenvalue weighted by atomic mass is 19.2. The standard InChI is InChI=1S/C27H24F3NO2/c28-21-4-1-18(2-5-21)27-23-7-6-22(33-14-11-31-9-12-32-13-10-31)15-20(23)16-24(27)19-3-8-25(29)26(30)17-19/h1-8,15,17H,9-14,16H2. The van der Waals surface area contributed by atoms with Crippen LogP contribution in [0.3, 0.4) is 0 Å². The van der Waals surface area contributed by atoms with Crippen LogP contribution in [0, 0.1) is 17.5 Å². The van der Waals surface area contributed by atoms with Crippen LogP contribution in [0.4, 0.5) is 13.2 Å². The van der Waals surface area contributed by atoms with Crippen molar-refractivity contribution in [3.63, 3.8) is 0 Å². The Morgan fingerprint density at radius 3 is 2.33 bits per heavy atom. The van der Waals surface area contributed by atoms with Gasteiger partial charge in [0.1, 0.15) is 18.2 Å². The second-order valence-electron chi connectivity index (χ2n) is 8.29. The van der Waals surface area contributed by atoms with E-state index < -0.39 is 11.6 Å². The van der Waals surface area contributed by atoms with Crippen LogP contribution in [0.2, 0.25) is 0 Å². The Labute approximate surface area is 191 Å². The lowest BCUT2D eigenvalue weighted by Crippen LogP contribution is -2.38. The molecule has 0 saturated carbocycles. The van der Waals surface area contributed by atoms with Crippen molar-refractivity contribution >= 4 is 11.1 Å². The second-order valence-corrected chi connectivity index (χ2v) is 8.29. The number of ether oxygens (including phenoxy) is 2. The van der Waals surface area contributed by atoms with Crippen LogP contribution in [0.5, 0.6) is 5.75 Å². The molecule has 3 aromatic rings. The van der Waals surface area contributed by atoms with Gasteiger partial charge in [0.2, 0.25) is 0 Å². The number of benzene rings is 3. The van der Waals surface area contributed by atoms with Crippen LogP contribution in [0.1, 0.15) is 22.3 Å². The largest absolute Gasteiger partial charge is 0.492 e. The minimum atomic E-state index is -0.887. The summed E-state index contributed by atoms with van der Waals surface area (Å²) in [6.45, 7) is 4.74. The summed E-state index contributed by atoms with van der Waals surface area (Å²) in [5.74, 6) is -1.32. The van der Waals surface area contributed by atoms with Gasteiger partial charge in [-0.1, -0.05) is 24.3 Å². The molecule has 1 aliphatic carbocycles. The molecule has 1 saturated heterocycles. The average Bonchev–Trinajstić information content (AvgIpc) is 3.21. The number of hydrogen-bond acceptors (Lipinski definition) is 3. The van der Waals surface area contributed by atoms with E-state index in [0.717, 1.165) is 72.5 Å². The van der Waals surface area contributed by atoms with E-state index in [2.05, 4.69) is 4.90 Å². The molecular weight excluding hydrogens is 427 g/mol. The van der Waals surface area contributed by atoms with Crippen molar-refractivity contribution in [2.75, 3.05) is 39.5 Å². The summed E-state index contributed by atoms with van der Waals surface area (Å²) in [7, 11) is 0. The van der Waals surface area contributed by atoms with E-state index in [1.165, 1.54) is 18.2 Å². The maximum absolute atomic E-state index is 14.0. The number of allylic oxidation sites excluding steroid dienone is 1. The van der Waals surface area contributed by atoms with Crippen LogP contribution in [0.15, 0.2) is 60.7 Å². The van der Waals surface area contributed by atoms with Gasteiger partial charge in [0.25, 0.3) is 0 Å². The van der Waals surface area contributed by atoms with Crippen LogP contribution in [-0.2, 0) is 11.2 Å². The van der Waals surface area contributed by atoms with Gasteiger partial charge in [0, 0.05) is 19.6 Å². The highest BCUT2D eigenvalue weighted by molar-refractivity contribution is 6.03. The molecule has 0 amide bonds. The van der Waals surface area contributed by atoms with Crippen LogP contribution in [0.25, 0.3) is 11.1 Å². The molecule has 0 atom stereocenters. The third kappa shape index (κ3) is 4.68. The van der Waals surface area contributed by atoms with E-state index in [-0.39, 0.29) is 5.82 Å². The van der Waals surface area contributed by atoms with Gasteiger partial charge in [0.15, 0.2) is 11.6 Å². The Balaban J connectivity index is 1.43. The quantitative estimate of drug-likeness (QED) is 0.506. The van der Waals surface area contributed by atoms with E-state index in [4.69, 9.17) is 9.47 Å². The Hall–Kier alpha value is -3.09. The fraction of sp³-hybridized carbons (Fsp3) is 0.259. The molecule has 170 valence electrons. The van der Waals surface area contributed by atoms with Crippen molar-refractivity contribution < 1.29 is 22.6 Å². The third-order valence-electron chi connectivity index (χ3n) is 6.20. The van der Waals surface area contributed by atoms with Crippen LogP contribution in [-0.4, -0.2) is 44.4 Å². The molecule has 3 aromatic carbocycles. The Kier molecular flexibility index (Phi) is 6.20. The molecule has 0 N–H and O–H groups in total. The lowest BCUT2D eigenvalue weighted by molar-refractivity contribution is 0.0322. The maximum Gasteiger partial charge on any atom is 0.159 e. The maximum atomic E-state index is 14.0. The van der Waals surface area contributed by atoms with Gasteiger partial charge in [-0.15, -0.1) is 0 Å². The fourth-order valence-electron chi connectivity index (χ4n) is 4.49. The second kappa shape index (κ2) is 9.41. The fourth-order valence-corrected chi connectivity index (χ4v) is 4.49. The molecule has 0 bridgehead atoms. The molecule has 2 aliphatic rings. The van der Waals surface area contributed by atoms with E-state index in [1.54, 1.807) is 18.2 Å². The molecule has 0 radical (unpaired) electrons. The average molecular weight is 451 g/mol. The third-order valence-corrected chi connectivity index (χ3v) is 6.20. The summed E-state index contributed by atoms with van der Waals surface area (Å²) >= 11 is 0. The zero-order valence-electron chi connectivity index (χ0n) is 18.1. The summed E-state index contributed by atoms with van der Waals surface area (Å²) in [4.78, 5) is 2.31. The predicted molar refractivity (Wildman–Crippen MR) is 122 cm³/mol. The van der Waals surface area contributed by atoms with Crippen molar-refractivity contribution in [1.82, 2.24) is 4.90 Å². The molecule has 0 unspecified atom stereocenters. The van der Waals surface area contributed by atoms with E-state index in [0.29, 0.717) is 18.6 Å². The van der Waals surface area contributed by atoms with Gasteiger partial charge in [-0.3, -0.25) is 4.90 Å². The lowest BCUT2D eigenvalue weighted by atomic mass is 9.94. The molecule has 3 nitrogen and oxygen atoms in total. The summed E-state index contributed by atoms with van der Waals surface area (Å²) in [6, 6.07) is 16.1. The Morgan fingerprint density at radius 2 is 1.58 bits per heavy atom. The van der Waals surface area contributed by atoms with E-state index >= 15 is 0 Å². The van der Waals surface area contributed by atoms with Crippen molar-refractivity contribution in [3.8, 4) is 5.75 Å². The van der Waals surface area contributed by atoms with Gasteiger partial charge < -0.3 is 9.47 Å². The van der Waals surface area contributed by atoms with Crippen molar-refractivity contribution in [2.45, 2.75) is 6.42 Å². The summed E-state index contributed by atoms with van der Waals surface area (Å²) < 4.78 is 52.5. The first kappa shape index (κ1) is 21.7. The minimum absolute atomic E-state index is 0.323. The highest BCUT2D eigenvalue weighted by Gasteiger charge is 2.25. The molecule has 1 aliphatic heterocycles. The molecule has 33 heavy (non-hydrogen) atoms. The van der Waals surface area contributed by atoms with Gasteiger partial charge in [-0.25, -0.2) is 13.2 Å². The van der Waals surface area contributed by atoms with Gasteiger partial charge >= 0.3 is 0 Å². The molecule has 1 fully saturated rings. The molecule has 0 spiro atoms. The highest BCUT2D eigenvalue weighted by Crippen LogP contribution is 2.43. The SMILES string of the molecule is Fc1ccc(C2=C(c3ccc(F)c(F)c3)Cc3cc(OCCN4CCOCC4)ccc32)cc1. The zero-order valence-corrected chi connectivity index (χ0v) is 18.1. The van der Waals surface area contributed by atoms with Crippen molar-refractivity contribution in [3.05, 3.63) is 100 Å². The zero-order chi connectivity index (χ0) is 22.8. The molecule has 6 heteroatoms. The predicted octanol–water partition coefficient (Wildman–Crippen LogP) is 5.33. The summed E-state index contributed by atoms with van der Waals surface area (Å²) in [5, 5.41) is 0. The lowest BCUT2D eigenvalue weighted by Gasteiger charge is -2.26. The van der Waals surface area contributed by atoms with Crippen LogP contribution < -0.4 is 4.74 Å². The number of fused-ring (bicyclic) bond motifs is 1. The molecule has 1 heterocycles. The van der Waals surface area contributed by atoms with E-state index in [9.17, 15) is 13.2 Å². The normalized spacial score (nSPS) is 16.2. The summed E-state index contributed by atoms with van der Waals surface area (Å²) in [5.41, 5.74) is 5.24. The number of halogens is 3.